The van der Waals surface area contributed by atoms with Crippen molar-refractivity contribution in [3.8, 4) is 0 Å². The van der Waals surface area contributed by atoms with E-state index in [0.717, 1.165) is 6.42 Å². The Morgan fingerprint density at radius 2 is 1.76 bits per heavy atom. The molecule has 0 rings (SSSR count). The van der Waals surface area contributed by atoms with Crippen LogP contribution in [0.15, 0.2) is 0 Å². The van der Waals surface area contributed by atoms with Crippen LogP contribution in [-0.4, -0.2) is 29.7 Å². The predicted octanol–water partition coefficient (Wildman–Crippen LogP) is 1.83. The first-order valence-corrected chi connectivity index (χ1v) is 6.19. The molecule has 2 amide bonds. The molecule has 5 nitrogen and oxygen atoms in total. The zero-order valence-corrected chi connectivity index (χ0v) is 11.1. The van der Waals surface area contributed by atoms with Crippen molar-refractivity contribution in [2.75, 3.05) is 6.54 Å². The molecule has 0 aromatic rings. The third kappa shape index (κ3) is 6.14. The quantitative estimate of drug-likeness (QED) is 0.639. The average Bonchev–Trinajstić information content (AvgIpc) is 2.31. The maximum Gasteiger partial charge on any atom is 0.326 e. The van der Waals surface area contributed by atoms with Gasteiger partial charge in [0.2, 0.25) is 0 Å². The largest absolute Gasteiger partial charge is 0.480 e. The minimum atomic E-state index is -0.988. The van der Waals surface area contributed by atoms with E-state index in [2.05, 4.69) is 10.6 Å². The van der Waals surface area contributed by atoms with Crippen LogP contribution in [0.5, 0.6) is 0 Å². The molecule has 0 fully saturated rings. The fraction of sp³-hybridized carbons (Fsp3) is 0.833. The number of carboxylic acids is 1. The Labute approximate surface area is 103 Å². The van der Waals surface area contributed by atoms with Crippen LogP contribution in [0.3, 0.4) is 0 Å². The minimum Gasteiger partial charge on any atom is -0.480 e. The summed E-state index contributed by atoms with van der Waals surface area (Å²) in [5.41, 5.74) is 0. The van der Waals surface area contributed by atoms with Crippen molar-refractivity contribution in [2.24, 2.45) is 11.8 Å². The third-order valence-electron chi connectivity index (χ3n) is 3.07. The van der Waals surface area contributed by atoms with E-state index in [1.807, 2.05) is 27.7 Å². The van der Waals surface area contributed by atoms with E-state index in [0.29, 0.717) is 18.9 Å². The van der Waals surface area contributed by atoms with Crippen LogP contribution in [0.25, 0.3) is 0 Å². The molecule has 3 atom stereocenters. The van der Waals surface area contributed by atoms with Gasteiger partial charge in [-0.2, -0.15) is 0 Å². The maximum atomic E-state index is 11.5. The number of hydrogen-bond acceptors (Lipinski definition) is 2. The number of aliphatic carboxylic acids is 1. The fourth-order valence-electron chi connectivity index (χ4n) is 1.29. The molecule has 100 valence electrons. The van der Waals surface area contributed by atoms with Crippen LogP contribution in [0.4, 0.5) is 4.79 Å². The smallest absolute Gasteiger partial charge is 0.326 e. The van der Waals surface area contributed by atoms with Gasteiger partial charge < -0.3 is 15.7 Å². The van der Waals surface area contributed by atoms with Gasteiger partial charge >= 0.3 is 12.0 Å². The van der Waals surface area contributed by atoms with Crippen molar-refractivity contribution in [3.05, 3.63) is 0 Å². The second-order valence-electron chi connectivity index (χ2n) is 4.57. The van der Waals surface area contributed by atoms with E-state index in [1.54, 1.807) is 0 Å². The first kappa shape index (κ1) is 15.7. The van der Waals surface area contributed by atoms with E-state index in [1.165, 1.54) is 0 Å². The van der Waals surface area contributed by atoms with E-state index < -0.39 is 18.0 Å². The monoisotopic (exact) mass is 244 g/mol. The van der Waals surface area contributed by atoms with Gasteiger partial charge in [-0.05, 0) is 11.8 Å². The highest BCUT2D eigenvalue weighted by molar-refractivity contribution is 5.82. The number of urea groups is 1. The summed E-state index contributed by atoms with van der Waals surface area (Å²) < 4.78 is 0. The molecule has 3 N–H and O–H groups in total. The Hall–Kier alpha value is -1.26. The molecule has 0 bridgehead atoms. The molecule has 0 aliphatic carbocycles. The number of carbonyl (C=O) groups is 2. The van der Waals surface area contributed by atoms with E-state index in [-0.39, 0.29) is 5.92 Å². The molecule has 0 saturated heterocycles. The molecular weight excluding hydrogens is 220 g/mol. The minimum absolute atomic E-state index is 0.0816. The third-order valence-corrected chi connectivity index (χ3v) is 3.07. The summed E-state index contributed by atoms with van der Waals surface area (Å²) in [6.07, 6.45) is 1.69. The normalized spacial score (nSPS) is 15.8. The SMILES string of the molecule is CCC(C)CNC(=O)N[C@H](C(=O)O)[C@@H](C)CC. The highest BCUT2D eigenvalue weighted by atomic mass is 16.4. The van der Waals surface area contributed by atoms with E-state index in [4.69, 9.17) is 5.11 Å². The van der Waals surface area contributed by atoms with Gasteiger partial charge in [0, 0.05) is 6.54 Å². The number of carbonyl (C=O) groups excluding carboxylic acids is 1. The van der Waals surface area contributed by atoms with Gasteiger partial charge in [0.15, 0.2) is 0 Å². The second-order valence-corrected chi connectivity index (χ2v) is 4.57. The molecule has 1 unspecified atom stereocenters. The van der Waals surface area contributed by atoms with Crippen molar-refractivity contribution in [2.45, 2.75) is 46.6 Å². The first-order chi connectivity index (χ1) is 7.92. The summed E-state index contributed by atoms with van der Waals surface area (Å²) in [6.45, 7) is 8.36. The van der Waals surface area contributed by atoms with Crippen LogP contribution in [0.2, 0.25) is 0 Å². The fourth-order valence-corrected chi connectivity index (χ4v) is 1.29. The molecule has 5 heteroatoms. The van der Waals surface area contributed by atoms with Crippen LogP contribution in [0.1, 0.15) is 40.5 Å². The van der Waals surface area contributed by atoms with Crippen LogP contribution in [0, 0.1) is 11.8 Å². The van der Waals surface area contributed by atoms with Gasteiger partial charge in [0.1, 0.15) is 6.04 Å². The summed E-state index contributed by atoms with van der Waals surface area (Å²) in [6, 6.07) is -1.23. The van der Waals surface area contributed by atoms with Crippen LogP contribution >= 0.6 is 0 Å². The zero-order valence-electron chi connectivity index (χ0n) is 11.1. The Balaban J connectivity index is 4.18. The van der Waals surface area contributed by atoms with Crippen molar-refractivity contribution < 1.29 is 14.7 Å². The summed E-state index contributed by atoms with van der Waals surface area (Å²) in [5.74, 6) is -0.674. The molecule has 0 spiro atoms. The highest BCUT2D eigenvalue weighted by Gasteiger charge is 2.25. The molecule has 0 aromatic carbocycles. The van der Waals surface area contributed by atoms with E-state index >= 15 is 0 Å². The molecular formula is C12H24N2O3. The standard InChI is InChI=1S/C12H24N2O3/c1-5-8(3)7-13-12(17)14-10(11(15)16)9(4)6-2/h8-10H,5-7H2,1-4H3,(H,15,16)(H2,13,14,17)/t8?,9-,10-/m0/s1. The lowest BCUT2D eigenvalue weighted by Gasteiger charge is -2.21. The average molecular weight is 244 g/mol. The molecule has 0 radical (unpaired) electrons. The van der Waals surface area contributed by atoms with Gasteiger partial charge in [-0.3, -0.25) is 0 Å². The number of rotatable bonds is 7. The van der Waals surface area contributed by atoms with Crippen molar-refractivity contribution in [1.29, 1.82) is 0 Å². The Morgan fingerprint density at radius 1 is 1.18 bits per heavy atom. The second kappa shape index (κ2) is 7.92. The van der Waals surface area contributed by atoms with Crippen molar-refractivity contribution in [3.63, 3.8) is 0 Å². The summed E-state index contributed by atoms with van der Waals surface area (Å²) in [7, 11) is 0. The lowest BCUT2D eigenvalue weighted by atomic mass is 9.99. The van der Waals surface area contributed by atoms with Gasteiger partial charge in [-0.25, -0.2) is 9.59 Å². The highest BCUT2D eigenvalue weighted by Crippen LogP contribution is 2.07. The summed E-state index contributed by atoms with van der Waals surface area (Å²) >= 11 is 0. The molecule has 0 heterocycles. The number of amides is 2. The molecule has 0 aromatic heterocycles. The van der Waals surface area contributed by atoms with Crippen LogP contribution in [-0.2, 0) is 4.79 Å². The number of carboxylic acid groups (broad SMARTS) is 1. The molecule has 0 aliphatic heterocycles. The molecule has 17 heavy (non-hydrogen) atoms. The number of nitrogens with one attached hydrogen (secondary N) is 2. The topological polar surface area (TPSA) is 78.4 Å². The molecule has 0 saturated carbocycles. The Morgan fingerprint density at radius 3 is 2.18 bits per heavy atom. The Kier molecular flexibility index (Phi) is 7.34. The summed E-state index contributed by atoms with van der Waals surface area (Å²) in [5, 5.41) is 14.2. The lowest BCUT2D eigenvalue weighted by Crippen LogP contribution is -2.49. The number of hydrogen-bond donors (Lipinski definition) is 3. The van der Waals surface area contributed by atoms with Crippen LogP contribution < -0.4 is 10.6 Å². The van der Waals surface area contributed by atoms with Gasteiger partial charge in [0.05, 0.1) is 0 Å². The zero-order chi connectivity index (χ0) is 13.4. The summed E-state index contributed by atoms with van der Waals surface area (Å²) in [4.78, 5) is 22.5. The van der Waals surface area contributed by atoms with E-state index in [9.17, 15) is 9.59 Å². The molecule has 0 aliphatic rings. The van der Waals surface area contributed by atoms with Crippen molar-refractivity contribution in [1.82, 2.24) is 10.6 Å². The Bertz CT molecular complexity index is 256. The first-order valence-electron chi connectivity index (χ1n) is 6.19. The predicted molar refractivity (Wildman–Crippen MR) is 66.9 cm³/mol. The van der Waals surface area contributed by atoms with Gasteiger partial charge in [-0.1, -0.05) is 40.5 Å². The maximum absolute atomic E-state index is 11.5. The van der Waals surface area contributed by atoms with Crippen molar-refractivity contribution >= 4 is 12.0 Å². The van der Waals surface area contributed by atoms with Gasteiger partial charge in [-0.15, -0.1) is 0 Å². The van der Waals surface area contributed by atoms with Gasteiger partial charge in [0.25, 0.3) is 0 Å². The lowest BCUT2D eigenvalue weighted by molar-refractivity contribution is -0.140.